The molecule has 1 aromatic rings. The predicted molar refractivity (Wildman–Crippen MR) is 85.7 cm³/mol. The molecule has 0 spiro atoms. The third kappa shape index (κ3) is 4.60. The van der Waals surface area contributed by atoms with E-state index in [1.54, 1.807) is 44.2 Å². The van der Waals surface area contributed by atoms with Crippen molar-refractivity contribution in [3.05, 3.63) is 30.3 Å². The highest BCUT2D eigenvalue weighted by atomic mass is 35.5. The molecule has 0 bridgehead atoms. The zero-order chi connectivity index (χ0) is 14.7. The second kappa shape index (κ2) is 6.76. The number of anilines is 1. The van der Waals surface area contributed by atoms with Crippen molar-refractivity contribution in [2.45, 2.75) is 22.9 Å². The first-order valence-corrected chi connectivity index (χ1v) is 9.08. The van der Waals surface area contributed by atoms with Crippen LogP contribution in [-0.4, -0.2) is 23.2 Å². The lowest BCUT2D eigenvalue weighted by Gasteiger charge is -2.30. The van der Waals surface area contributed by atoms with Crippen LogP contribution in [0.15, 0.2) is 30.3 Å². The van der Waals surface area contributed by atoms with Crippen molar-refractivity contribution < 1.29 is 8.42 Å². The number of rotatable bonds is 6. The molecule has 0 aliphatic heterocycles. The lowest BCUT2D eigenvalue weighted by atomic mass is 10.3. The Morgan fingerprint density at radius 3 is 2.26 bits per heavy atom. The topological polar surface area (TPSA) is 37.4 Å². The fourth-order valence-electron chi connectivity index (χ4n) is 1.14. The molecule has 0 amide bonds. The Morgan fingerprint density at radius 1 is 1.32 bits per heavy atom. The van der Waals surface area contributed by atoms with Crippen molar-refractivity contribution in [2.24, 2.45) is 0 Å². The van der Waals surface area contributed by atoms with Gasteiger partial charge >= 0.3 is 0 Å². The molecule has 108 valence electrons. The van der Waals surface area contributed by atoms with Crippen molar-refractivity contribution in [2.75, 3.05) is 9.46 Å². The number of benzene rings is 1. The predicted octanol–water partition coefficient (Wildman–Crippen LogP) is 4.25. The van der Waals surface area contributed by atoms with E-state index in [-0.39, 0.29) is 5.75 Å². The summed E-state index contributed by atoms with van der Waals surface area (Å²) in [4.78, 5) is -0.919. The van der Waals surface area contributed by atoms with E-state index in [4.69, 9.17) is 34.8 Å². The van der Waals surface area contributed by atoms with E-state index >= 15 is 0 Å². The fourth-order valence-corrected chi connectivity index (χ4v) is 4.25. The number of sulfonamides is 1. The van der Waals surface area contributed by atoms with Gasteiger partial charge in [-0.1, -0.05) is 18.2 Å². The van der Waals surface area contributed by atoms with Crippen LogP contribution in [0.25, 0.3) is 0 Å². The molecule has 0 N–H and O–H groups in total. The van der Waals surface area contributed by atoms with Gasteiger partial charge in [0, 0.05) is 0 Å². The third-order valence-corrected chi connectivity index (χ3v) is 7.34. The molecule has 0 aliphatic rings. The summed E-state index contributed by atoms with van der Waals surface area (Å²) in [5.74, 6) is -0.0445. The monoisotopic (exact) mass is 361 g/mol. The molecule has 0 aromatic heterocycles. The summed E-state index contributed by atoms with van der Waals surface area (Å²) < 4.78 is 24.3. The van der Waals surface area contributed by atoms with Gasteiger partial charge in [-0.3, -0.25) is 0 Å². The molecule has 1 rings (SSSR count). The Labute approximate surface area is 133 Å². The summed E-state index contributed by atoms with van der Waals surface area (Å²) in [5.41, 5.74) is 0.509. The average Bonchev–Trinajstić information content (AvgIpc) is 2.36. The van der Waals surface area contributed by atoms with Crippen LogP contribution in [0, 0.1) is 0 Å². The van der Waals surface area contributed by atoms with Crippen LogP contribution >= 0.6 is 46.8 Å². The van der Waals surface area contributed by atoms with Gasteiger partial charge in [0.25, 0.3) is 0 Å². The molecule has 19 heavy (non-hydrogen) atoms. The molecule has 8 heteroatoms. The van der Waals surface area contributed by atoms with Crippen molar-refractivity contribution in [1.82, 2.24) is 0 Å². The molecule has 1 aromatic carbocycles. The minimum absolute atomic E-state index is 0.0445. The van der Waals surface area contributed by atoms with Gasteiger partial charge in [-0.15, -0.1) is 34.8 Å². The molecular weight excluding hydrogens is 349 g/mol. The van der Waals surface area contributed by atoms with Gasteiger partial charge in [-0.05, 0) is 37.9 Å². The lowest BCUT2D eigenvalue weighted by Crippen LogP contribution is -2.33. The summed E-state index contributed by atoms with van der Waals surface area (Å²) in [7, 11) is -3.49. The van der Waals surface area contributed by atoms with Gasteiger partial charge in [0.2, 0.25) is 10.0 Å². The van der Waals surface area contributed by atoms with Crippen LogP contribution in [0.2, 0.25) is 0 Å². The van der Waals surface area contributed by atoms with E-state index < -0.39 is 19.1 Å². The molecule has 0 fully saturated rings. The van der Waals surface area contributed by atoms with E-state index in [9.17, 15) is 8.42 Å². The normalized spacial score (nSPS) is 15.3. The molecule has 0 heterocycles. The Balaban J connectivity index is 3.16. The molecule has 3 nitrogen and oxygen atoms in total. The van der Waals surface area contributed by atoms with Crippen LogP contribution < -0.4 is 3.71 Å². The highest BCUT2D eigenvalue weighted by Crippen LogP contribution is 2.43. The van der Waals surface area contributed by atoms with Crippen molar-refractivity contribution in [1.29, 1.82) is 0 Å². The number of alkyl halides is 3. The van der Waals surface area contributed by atoms with Gasteiger partial charge in [0.15, 0.2) is 0 Å². The highest BCUT2D eigenvalue weighted by molar-refractivity contribution is 8.16. The summed E-state index contributed by atoms with van der Waals surface area (Å²) in [5, 5.41) is 0. The average molecular weight is 363 g/mol. The van der Waals surface area contributed by atoms with Gasteiger partial charge < -0.3 is 0 Å². The van der Waals surface area contributed by atoms with Crippen LogP contribution in [0.5, 0.6) is 0 Å². The molecule has 1 atom stereocenters. The van der Waals surface area contributed by atoms with Gasteiger partial charge in [0.05, 0.1) is 11.4 Å². The first-order chi connectivity index (χ1) is 8.70. The van der Waals surface area contributed by atoms with E-state index in [1.807, 2.05) is 0 Å². The lowest BCUT2D eigenvalue weighted by molar-refractivity contribution is 0.599. The van der Waals surface area contributed by atoms with Gasteiger partial charge in [-0.2, -0.15) is 0 Å². The van der Waals surface area contributed by atoms with E-state index in [1.165, 1.54) is 0 Å². The number of hydrogen-bond donors (Lipinski definition) is 0. The zero-order valence-electron chi connectivity index (χ0n) is 10.4. The Hall–Kier alpha value is 0.190. The minimum atomic E-state index is -3.49. The van der Waals surface area contributed by atoms with E-state index in [0.29, 0.717) is 5.69 Å². The van der Waals surface area contributed by atoms with E-state index in [2.05, 4.69) is 0 Å². The fraction of sp³-hybridized carbons (Fsp3) is 0.455. The second-order valence-electron chi connectivity index (χ2n) is 3.84. The van der Waals surface area contributed by atoms with Crippen LogP contribution in [-0.2, 0) is 10.0 Å². The Morgan fingerprint density at radius 2 is 1.84 bits per heavy atom. The van der Waals surface area contributed by atoms with Crippen LogP contribution in [0.3, 0.4) is 0 Å². The Kier molecular flexibility index (Phi) is 6.14. The summed E-state index contributed by atoms with van der Waals surface area (Å²) in [6.07, 6.45) is 0. The second-order valence-corrected chi connectivity index (χ2v) is 9.68. The molecule has 0 aliphatic carbocycles. The molecular formula is C11H14Cl3NO2S2. The first kappa shape index (κ1) is 17.2. The quantitative estimate of drug-likeness (QED) is 0.561. The number of nitrogens with zero attached hydrogens (tertiary/aromatic N) is 1. The molecule has 0 radical (unpaired) electrons. The van der Waals surface area contributed by atoms with Gasteiger partial charge in [-0.25, -0.2) is 12.1 Å². The first-order valence-electron chi connectivity index (χ1n) is 5.45. The van der Waals surface area contributed by atoms with Crippen molar-refractivity contribution >= 4 is 62.5 Å². The highest BCUT2D eigenvalue weighted by Gasteiger charge is 2.37. The Bertz CT molecular complexity index is 506. The molecule has 0 saturated heterocycles. The third-order valence-electron chi connectivity index (χ3n) is 2.24. The summed E-state index contributed by atoms with van der Waals surface area (Å²) in [6, 6.07) is 8.67. The van der Waals surface area contributed by atoms with Crippen molar-refractivity contribution in [3.8, 4) is 0 Å². The molecule has 1 unspecified atom stereocenters. The maximum atomic E-state index is 12.2. The maximum absolute atomic E-state index is 12.2. The summed E-state index contributed by atoms with van der Waals surface area (Å²) >= 11 is 18.6. The largest absolute Gasteiger partial charge is 0.244 e. The molecule has 0 saturated carbocycles. The summed E-state index contributed by atoms with van der Waals surface area (Å²) in [6.45, 7) is 3.14. The van der Waals surface area contributed by atoms with Gasteiger partial charge in [0.1, 0.15) is 9.04 Å². The van der Waals surface area contributed by atoms with Crippen LogP contribution in [0.4, 0.5) is 5.69 Å². The standard InChI is InChI=1S/C11H14Cl3NO2S2/c1-3-19(16,17)15(9-7-5-4-6-8-9)18-11(2,14)10(12)13/h4-8,10H,3H2,1-2H3. The zero-order valence-corrected chi connectivity index (χ0v) is 14.3. The van der Waals surface area contributed by atoms with Crippen LogP contribution in [0.1, 0.15) is 13.8 Å². The smallest absolute Gasteiger partial charge is 0.210 e. The minimum Gasteiger partial charge on any atom is -0.210 e. The number of para-hydroxylation sites is 1. The van der Waals surface area contributed by atoms with E-state index in [0.717, 1.165) is 15.7 Å². The maximum Gasteiger partial charge on any atom is 0.244 e. The van der Waals surface area contributed by atoms with Crippen molar-refractivity contribution in [3.63, 3.8) is 0 Å². The number of halogens is 3. The number of hydrogen-bond acceptors (Lipinski definition) is 3. The SMILES string of the molecule is CCS(=O)(=O)N(SC(C)(Cl)C(Cl)Cl)c1ccccc1.